The molecule has 0 amide bonds. The molecule has 17 heavy (non-hydrogen) atoms. The first kappa shape index (κ1) is 13.7. The first-order valence-electron chi connectivity index (χ1n) is 5.41. The Balaban J connectivity index is 2.64. The first-order valence-corrected chi connectivity index (χ1v) is 5.82. The highest BCUT2D eigenvalue weighted by molar-refractivity contribution is 7.80. The molecule has 0 aliphatic heterocycles. The molecule has 1 aromatic rings. The van der Waals surface area contributed by atoms with E-state index in [0.29, 0.717) is 22.5 Å². The Hall–Kier alpha value is -1.36. The van der Waals surface area contributed by atoms with Gasteiger partial charge in [-0.2, -0.15) is 0 Å². The molecule has 1 aromatic carbocycles. The number of anilines is 1. The zero-order valence-electron chi connectivity index (χ0n) is 10.2. The predicted octanol–water partition coefficient (Wildman–Crippen LogP) is 2.78. The number of thiocarbonyl (C=S) groups is 1. The zero-order chi connectivity index (χ0) is 12.8. The third kappa shape index (κ3) is 4.56. The van der Waals surface area contributed by atoms with Gasteiger partial charge in [-0.05, 0) is 30.3 Å². The van der Waals surface area contributed by atoms with Crippen LogP contribution in [0.15, 0.2) is 18.2 Å². The van der Waals surface area contributed by atoms with Gasteiger partial charge >= 0.3 is 0 Å². The van der Waals surface area contributed by atoms with Crippen molar-refractivity contribution in [2.24, 2.45) is 5.92 Å². The van der Waals surface area contributed by atoms with Gasteiger partial charge in [0.25, 0.3) is 0 Å². The Kier molecular flexibility index (Phi) is 5.15. The molecule has 3 nitrogen and oxygen atoms in total. The Morgan fingerprint density at radius 1 is 1.47 bits per heavy atom. The standard InChI is InChI=1S/C12H17FN2OS/c1-8(2)7-14-12(17)15-11-6-9(16-3)4-5-10(11)13/h4-6,8H,7H2,1-3H3,(H2,14,15,17). The fourth-order valence-corrected chi connectivity index (χ4v) is 1.38. The number of hydrogen-bond acceptors (Lipinski definition) is 2. The van der Waals surface area contributed by atoms with E-state index in [4.69, 9.17) is 17.0 Å². The van der Waals surface area contributed by atoms with E-state index in [-0.39, 0.29) is 5.82 Å². The number of hydrogen-bond donors (Lipinski definition) is 2. The monoisotopic (exact) mass is 256 g/mol. The summed E-state index contributed by atoms with van der Waals surface area (Å²) in [6, 6.07) is 4.47. The number of nitrogens with one attached hydrogen (secondary N) is 2. The third-order valence-electron chi connectivity index (χ3n) is 2.09. The van der Waals surface area contributed by atoms with E-state index in [1.54, 1.807) is 12.1 Å². The van der Waals surface area contributed by atoms with Crippen molar-refractivity contribution in [2.75, 3.05) is 19.0 Å². The maximum Gasteiger partial charge on any atom is 0.170 e. The molecule has 0 saturated carbocycles. The molecule has 0 atom stereocenters. The van der Waals surface area contributed by atoms with Gasteiger partial charge in [0.05, 0.1) is 12.8 Å². The van der Waals surface area contributed by atoms with Gasteiger partial charge in [-0.15, -0.1) is 0 Å². The lowest BCUT2D eigenvalue weighted by atomic mass is 10.2. The van der Waals surface area contributed by atoms with Crippen LogP contribution in [0.3, 0.4) is 0 Å². The summed E-state index contributed by atoms with van der Waals surface area (Å²) in [6.07, 6.45) is 0. The summed E-state index contributed by atoms with van der Waals surface area (Å²) < 4.78 is 18.5. The van der Waals surface area contributed by atoms with Gasteiger partial charge in [-0.1, -0.05) is 13.8 Å². The van der Waals surface area contributed by atoms with Crippen molar-refractivity contribution in [1.82, 2.24) is 5.32 Å². The second-order valence-corrected chi connectivity index (χ2v) is 4.48. The van der Waals surface area contributed by atoms with Gasteiger partial charge in [0.1, 0.15) is 11.6 Å². The highest BCUT2D eigenvalue weighted by atomic mass is 32.1. The molecular weight excluding hydrogens is 239 g/mol. The molecule has 94 valence electrons. The fraction of sp³-hybridized carbons (Fsp3) is 0.417. The summed E-state index contributed by atoms with van der Waals surface area (Å²) in [4.78, 5) is 0. The zero-order valence-corrected chi connectivity index (χ0v) is 11.0. The molecule has 0 heterocycles. The second-order valence-electron chi connectivity index (χ2n) is 4.07. The minimum Gasteiger partial charge on any atom is -0.497 e. The number of halogens is 1. The largest absolute Gasteiger partial charge is 0.497 e. The highest BCUT2D eigenvalue weighted by Gasteiger charge is 2.06. The first-order chi connectivity index (χ1) is 8.02. The van der Waals surface area contributed by atoms with Crippen LogP contribution in [0.1, 0.15) is 13.8 Å². The van der Waals surface area contributed by atoms with Crippen molar-refractivity contribution < 1.29 is 9.13 Å². The molecule has 1 rings (SSSR count). The lowest BCUT2D eigenvalue weighted by Crippen LogP contribution is -2.31. The van der Waals surface area contributed by atoms with E-state index < -0.39 is 0 Å². The van der Waals surface area contributed by atoms with Crippen LogP contribution in [-0.4, -0.2) is 18.8 Å². The van der Waals surface area contributed by atoms with Gasteiger partial charge in [0, 0.05) is 12.6 Å². The van der Waals surface area contributed by atoms with Crippen molar-refractivity contribution in [3.05, 3.63) is 24.0 Å². The average molecular weight is 256 g/mol. The normalized spacial score (nSPS) is 10.2. The highest BCUT2D eigenvalue weighted by Crippen LogP contribution is 2.20. The predicted molar refractivity (Wildman–Crippen MR) is 72.0 cm³/mol. The van der Waals surface area contributed by atoms with Gasteiger partial charge in [-0.25, -0.2) is 4.39 Å². The molecular formula is C12H17FN2OS. The van der Waals surface area contributed by atoms with Gasteiger partial charge in [0.15, 0.2) is 5.11 Å². The number of ether oxygens (including phenoxy) is 1. The van der Waals surface area contributed by atoms with Crippen molar-refractivity contribution in [2.45, 2.75) is 13.8 Å². The molecule has 0 aliphatic rings. The van der Waals surface area contributed by atoms with Crippen LogP contribution >= 0.6 is 12.2 Å². The number of methoxy groups -OCH3 is 1. The van der Waals surface area contributed by atoms with Gasteiger partial charge in [-0.3, -0.25) is 0 Å². The molecule has 0 bridgehead atoms. The molecule has 5 heteroatoms. The van der Waals surface area contributed by atoms with E-state index in [2.05, 4.69) is 24.5 Å². The van der Waals surface area contributed by atoms with E-state index >= 15 is 0 Å². The van der Waals surface area contributed by atoms with Crippen LogP contribution in [0.2, 0.25) is 0 Å². The third-order valence-corrected chi connectivity index (χ3v) is 2.34. The minimum atomic E-state index is -0.362. The topological polar surface area (TPSA) is 33.3 Å². The summed E-state index contributed by atoms with van der Waals surface area (Å²) in [5, 5.41) is 6.22. The summed E-state index contributed by atoms with van der Waals surface area (Å²) in [5.41, 5.74) is 0.311. The molecule has 0 aliphatic carbocycles. The van der Waals surface area contributed by atoms with Crippen LogP contribution in [-0.2, 0) is 0 Å². The lowest BCUT2D eigenvalue weighted by molar-refractivity contribution is 0.414. The van der Waals surface area contributed by atoms with Crippen LogP contribution in [0.25, 0.3) is 0 Å². The van der Waals surface area contributed by atoms with Crippen LogP contribution in [0.5, 0.6) is 5.75 Å². The SMILES string of the molecule is COc1ccc(F)c(NC(=S)NCC(C)C)c1. The Labute approximate surface area is 106 Å². The molecule has 2 N–H and O–H groups in total. The quantitative estimate of drug-likeness (QED) is 0.812. The van der Waals surface area contributed by atoms with Crippen LogP contribution in [0, 0.1) is 11.7 Å². The van der Waals surface area contributed by atoms with Crippen molar-refractivity contribution in [3.8, 4) is 5.75 Å². The van der Waals surface area contributed by atoms with Gasteiger partial charge < -0.3 is 15.4 Å². The second kappa shape index (κ2) is 6.39. The molecule has 0 unspecified atom stereocenters. The van der Waals surface area contributed by atoms with Crippen LogP contribution in [0.4, 0.5) is 10.1 Å². The number of rotatable bonds is 4. The lowest BCUT2D eigenvalue weighted by Gasteiger charge is -2.13. The summed E-state index contributed by atoms with van der Waals surface area (Å²) in [6.45, 7) is 4.89. The van der Waals surface area contributed by atoms with Crippen molar-refractivity contribution in [1.29, 1.82) is 0 Å². The fourth-order valence-electron chi connectivity index (χ4n) is 1.19. The maximum atomic E-state index is 13.5. The Morgan fingerprint density at radius 2 is 2.18 bits per heavy atom. The molecule has 0 radical (unpaired) electrons. The van der Waals surface area contributed by atoms with Gasteiger partial charge in [0.2, 0.25) is 0 Å². The van der Waals surface area contributed by atoms with E-state index in [1.807, 2.05) is 0 Å². The van der Waals surface area contributed by atoms with E-state index in [1.165, 1.54) is 13.2 Å². The molecule has 0 aromatic heterocycles. The molecule has 0 saturated heterocycles. The minimum absolute atomic E-state index is 0.311. The molecule has 0 fully saturated rings. The average Bonchev–Trinajstić information content (AvgIpc) is 2.29. The van der Waals surface area contributed by atoms with E-state index in [0.717, 1.165) is 6.54 Å². The smallest absolute Gasteiger partial charge is 0.170 e. The summed E-state index contributed by atoms with van der Waals surface area (Å²) in [7, 11) is 1.53. The molecule has 0 spiro atoms. The Morgan fingerprint density at radius 3 is 2.76 bits per heavy atom. The Bertz CT molecular complexity index is 396. The van der Waals surface area contributed by atoms with Crippen molar-refractivity contribution >= 4 is 23.0 Å². The van der Waals surface area contributed by atoms with E-state index in [9.17, 15) is 4.39 Å². The number of benzene rings is 1. The maximum absolute atomic E-state index is 13.5. The summed E-state index contributed by atoms with van der Waals surface area (Å²) in [5.74, 6) is 0.699. The van der Waals surface area contributed by atoms with Crippen LogP contribution < -0.4 is 15.4 Å². The summed E-state index contributed by atoms with van der Waals surface area (Å²) >= 11 is 5.06. The van der Waals surface area contributed by atoms with Crippen molar-refractivity contribution in [3.63, 3.8) is 0 Å².